The van der Waals surface area contributed by atoms with Crippen molar-refractivity contribution >= 4 is 61.5 Å². The van der Waals surface area contributed by atoms with Crippen molar-refractivity contribution < 1.29 is 0 Å². The van der Waals surface area contributed by atoms with E-state index >= 15 is 0 Å². The van der Waals surface area contributed by atoms with E-state index in [4.69, 9.17) is 0 Å². The molecule has 0 atom stereocenters. The maximum absolute atomic E-state index is 2.89. The zero-order valence-corrected chi connectivity index (χ0v) is 29.4. The first-order valence-electron chi connectivity index (χ1n) is 14.6. The van der Waals surface area contributed by atoms with Crippen LogP contribution in [0.1, 0.15) is 0 Å². The molecule has 0 saturated carbocycles. The van der Waals surface area contributed by atoms with Crippen LogP contribution in [0.3, 0.4) is 0 Å². The zero-order chi connectivity index (χ0) is 28.1. The van der Waals surface area contributed by atoms with Crippen molar-refractivity contribution in [3.63, 3.8) is 0 Å². The highest BCUT2D eigenvalue weighted by Gasteiger charge is 2.85. The predicted molar refractivity (Wildman–Crippen MR) is 188 cm³/mol. The molecule has 0 aliphatic carbocycles. The summed E-state index contributed by atoms with van der Waals surface area (Å²) < 4.78 is 0. The molecule has 1 aliphatic rings. The van der Waals surface area contributed by atoms with Gasteiger partial charge in [0.05, 0.1) is 35.5 Å². The zero-order valence-electron chi connectivity index (χ0n) is 24.4. The van der Waals surface area contributed by atoms with E-state index in [1.165, 1.54) is 0 Å². The maximum Gasteiger partial charge on any atom is 0.0773 e. The summed E-state index contributed by atoms with van der Waals surface area (Å²) in [5.41, 5.74) is 0. The van der Waals surface area contributed by atoms with Crippen LogP contribution in [0.4, 0.5) is 0 Å². The Morgan fingerprint density at radius 2 is 0.350 bits per heavy atom. The molecule has 0 N–H and O–H groups in total. The molecule has 1 heterocycles. The van der Waals surface area contributed by atoms with Gasteiger partial charge in [0, 0.05) is 0 Å². The second-order valence-electron chi connectivity index (χ2n) is 12.5. The van der Waals surface area contributed by atoms with Gasteiger partial charge in [0.15, 0.2) is 0 Å². The Balaban J connectivity index is 1.90. The molecule has 5 heteroatoms. The molecular formula is C35H40Si5. The lowest BCUT2D eigenvalue weighted by molar-refractivity contribution is 1.71. The molecule has 0 bridgehead atoms. The minimum atomic E-state index is -2.19. The summed E-state index contributed by atoms with van der Waals surface area (Å²) in [4.78, 5) is 0. The maximum atomic E-state index is 2.89. The molecule has 0 spiro atoms. The summed E-state index contributed by atoms with van der Waals surface area (Å²) in [6.45, 7) is 14.4. The fourth-order valence-electron chi connectivity index (χ4n) is 9.24. The molecule has 200 valence electrons. The largest absolute Gasteiger partial charge is 0.0773 e. The quantitative estimate of drug-likeness (QED) is 0.240. The van der Waals surface area contributed by atoms with E-state index in [1.54, 1.807) is 25.9 Å². The summed E-state index contributed by atoms with van der Waals surface area (Å²) in [5.74, 6) is 0. The van der Waals surface area contributed by atoms with Crippen molar-refractivity contribution in [2.75, 3.05) is 0 Å². The summed E-state index contributed by atoms with van der Waals surface area (Å²) in [6.07, 6.45) is 0. The fraction of sp³-hybridized carbons (Fsp3) is 0.143. The molecule has 1 saturated heterocycles. The van der Waals surface area contributed by atoms with Crippen LogP contribution in [0, 0.1) is 0 Å². The Bertz CT molecular complexity index is 1290. The molecule has 0 aromatic heterocycles. The van der Waals surface area contributed by atoms with Gasteiger partial charge in [0.25, 0.3) is 0 Å². The van der Waals surface area contributed by atoms with Gasteiger partial charge in [0.2, 0.25) is 0 Å². The standard InChI is InChI=1S/C35H40Si5/c1-36(31-21-11-6-12-22-31)37(2,32-23-13-7-14-24-32)39(4,34-27-17-9-18-28-34)40(5,35-29-19-10-20-30-35)38(36,3)33-25-15-8-16-26-33/h6-30H,1-5H3. The highest BCUT2D eigenvalue weighted by molar-refractivity contribution is 8.20. The van der Waals surface area contributed by atoms with E-state index in [1.807, 2.05) is 0 Å². The number of benzene rings is 5. The SMILES string of the molecule is C[Si]1(c2ccccc2)[Si](C)(c2ccccc2)[Si](C)(c2ccccc2)[Si](C)(c2ccccc2)[Si]1(C)c1ccccc1. The Morgan fingerprint density at radius 1 is 0.225 bits per heavy atom. The van der Waals surface area contributed by atoms with Crippen molar-refractivity contribution in [2.24, 2.45) is 0 Å². The van der Waals surface area contributed by atoms with Crippen LogP contribution >= 0.6 is 0 Å². The Morgan fingerprint density at radius 3 is 0.475 bits per heavy atom. The van der Waals surface area contributed by atoms with Gasteiger partial charge in [-0.2, -0.15) is 0 Å². The highest BCUT2D eigenvalue weighted by atomic mass is 30.2. The molecule has 40 heavy (non-hydrogen) atoms. The average molecular weight is 601 g/mol. The second-order valence-corrected chi connectivity index (χ2v) is 64.1. The van der Waals surface area contributed by atoms with E-state index < -0.39 is 35.5 Å². The lowest BCUT2D eigenvalue weighted by Crippen LogP contribution is -2.87. The molecule has 0 nitrogen and oxygen atoms in total. The van der Waals surface area contributed by atoms with Crippen molar-refractivity contribution in [3.8, 4) is 0 Å². The molecule has 1 fully saturated rings. The summed E-state index contributed by atoms with van der Waals surface area (Å²) in [5, 5.41) is 8.51. The number of rotatable bonds is 5. The monoisotopic (exact) mass is 600 g/mol. The van der Waals surface area contributed by atoms with Gasteiger partial charge < -0.3 is 0 Å². The summed E-state index contributed by atoms with van der Waals surface area (Å²) in [7, 11) is -10.9. The third-order valence-corrected chi connectivity index (χ3v) is 124. The Kier molecular flexibility index (Phi) is 6.79. The first kappa shape index (κ1) is 27.4. The van der Waals surface area contributed by atoms with Gasteiger partial charge in [-0.25, -0.2) is 0 Å². The van der Waals surface area contributed by atoms with Crippen molar-refractivity contribution in [2.45, 2.75) is 32.7 Å². The third-order valence-electron chi connectivity index (χ3n) is 11.8. The van der Waals surface area contributed by atoms with Gasteiger partial charge in [0.1, 0.15) is 0 Å². The van der Waals surface area contributed by atoms with E-state index in [0.29, 0.717) is 0 Å². The molecule has 5 aromatic carbocycles. The summed E-state index contributed by atoms with van der Waals surface area (Å²) in [6, 6.07) is 59.8. The van der Waals surface area contributed by atoms with Crippen LogP contribution in [-0.4, -0.2) is 35.5 Å². The van der Waals surface area contributed by atoms with Crippen molar-refractivity contribution in [3.05, 3.63) is 152 Å². The van der Waals surface area contributed by atoms with Gasteiger partial charge in [-0.15, -0.1) is 0 Å². The van der Waals surface area contributed by atoms with Crippen LogP contribution in [-0.2, 0) is 0 Å². The molecule has 6 rings (SSSR count). The van der Waals surface area contributed by atoms with Gasteiger partial charge in [-0.3, -0.25) is 0 Å². The Labute approximate surface area is 244 Å². The molecule has 0 unspecified atom stereocenters. The topological polar surface area (TPSA) is 0 Å². The van der Waals surface area contributed by atoms with Gasteiger partial charge in [-0.05, 0) is 0 Å². The molecule has 0 amide bonds. The van der Waals surface area contributed by atoms with Gasteiger partial charge in [-0.1, -0.05) is 210 Å². The van der Waals surface area contributed by atoms with Gasteiger partial charge >= 0.3 is 0 Å². The minimum absolute atomic E-state index is 1.70. The first-order chi connectivity index (χ1) is 19.3. The Hall–Kier alpha value is -2.82. The molecule has 5 aromatic rings. The van der Waals surface area contributed by atoms with Crippen LogP contribution in [0.2, 0.25) is 32.7 Å². The lowest BCUT2D eigenvalue weighted by atomic mass is 10.4. The van der Waals surface area contributed by atoms with E-state index in [2.05, 4.69) is 184 Å². The first-order valence-corrected chi connectivity index (χ1v) is 32.1. The minimum Gasteiger partial charge on any atom is -0.0688 e. The summed E-state index contributed by atoms with van der Waals surface area (Å²) >= 11 is 0. The van der Waals surface area contributed by atoms with E-state index in [9.17, 15) is 0 Å². The van der Waals surface area contributed by atoms with E-state index in [-0.39, 0.29) is 0 Å². The molecule has 0 radical (unpaired) electrons. The predicted octanol–water partition coefficient (Wildman–Crippen LogP) is 5.32. The van der Waals surface area contributed by atoms with Crippen LogP contribution in [0.25, 0.3) is 0 Å². The van der Waals surface area contributed by atoms with Crippen LogP contribution < -0.4 is 25.9 Å². The van der Waals surface area contributed by atoms with Crippen molar-refractivity contribution in [1.82, 2.24) is 0 Å². The molecular weight excluding hydrogens is 561 g/mol. The smallest absolute Gasteiger partial charge is 0.0688 e. The molecule has 1 aliphatic heterocycles. The van der Waals surface area contributed by atoms with Crippen LogP contribution in [0.15, 0.2) is 152 Å². The number of hydrogen-bond acceptors (Lipinski definition) is 0. The normalized spacial score (nSPS) is 31.6. The lowest BCUT2D eigenvalue weighted by Gasteiger charge is -2.50. The third kappa shape index (κ3) is 3.27. The van der Waals surface area contributed by atoms with E-state index in [0.717, 1.165) is 0 Å². The second kappa shape index (κ2) is 9.92. The average Bonchev–Trinajstić information content (AvgIpc) is 3.13. The number of hydrogen-bond donors (Lipinski definition) is 0. The fourth-order valence-corrected chi connectivity index (χ4v) is 204. The van der Waals surface area contributed by atoms with Crippen molar-refractivity contribution in [1.29, 1.82) is 0 Å². The van der Waals surface area contributed by atoms with Crippen LogP contribution in [0.5, 0.6) is 0 Å². The highest BCUT2D eigenvalue weighted by Crippen LogP contribution is 2.50.